The van der Waals surface area contributed by atoms with E-state index in [-0.39, 0.29) is 11.6 Å². The van der Waals surface area contributed by atoms with Crippen LogP contribution in [0.3, 0.4) is 0 Å². The number of aryl methyl sites for hydroxylation is 1. The first-order chi connectivity index (χ1) is 13.0. The maximum absolute atomic E-state index is 13.3. The summed E-state index contributed by atoms with van der Waals surface area (Å²) in [6.07, 6.45) is 2.24. The fourth-order valence-electron chi connectivity index (χ4n) is 4.45. The molecule has 0 amide bonds. The minimum atomic E-state index is -0.787. The predicted molar refractivity (Wildman–Crippen MR) is 106 cm³/mol. The summed E-state index contributed by atoms with van der Waals surface area (Å²) in [6.45, 7) is 4.03. The molecule has 0 radical (unpaired) electrons. The van der Waals surface area contributed by atoms with Crippen LogP contribution >= 0.6 is 11.6 Å². The molecule has 3 unspecified atom stereocenters. The SMILES string of the molecule is CCc1ccc(-c2ccc(Cl)cc2)cc1C1C(=O)C2CCC(CC)(O2)C1=O. The fraction of sp³-hybridized carbons (Fsp3) is 0.391. The Balaban J connectivity index is 1.82. The second-order valence-electron chi connectivity index (χ2n) is 7.47. The molecule has 2 saturated heterocycles. The van der Waals surface area contributed by atoms with Crippen LogP contribution in [-0.2, 0) is 20.7 Å². The van der Waals surface area contributed by atoms with Crippen molar-refractivity contribution < 1.29 is 14.3 Å². The lowest BCUT2D eigenvalue weighted by Gasteiger charge is -2.36. The van der Waals surface area contributed by atoms with Gasteiger partial charge in [0.1, 0.15) is 17.6 Å². The number of carbonyl (C=O) groups excluding carboxylic acids is 2. The molecule has 140 valence electrons. The Morgan fingerprint density at radius 1 is 1.07 bits per heavy atom. The second kappa shape index (κ2) is 6.88. The third-order valence-corrected chi connectivity index (χ3v) is 6.33. The average molecular weight is 383 g/mol. The molecule has 0 aromatic heterocycles. The molecule has 2 aromatic rings. The summed E-state index contributed by atoms with van der Waals surface area (Å²) in [7, 11) is 0. The van der Waals surface area contributed by atoms with Crippen LogP contribution in [0, 0.1) is 0 Å². The quantitative estimate of drug-likeness (QED) is 0.688. The molecule has 2 aliphatic heterocycles. The summed E-state index contributed by atoms with van der Waals surface area (Å²) in [5, 5.41) is 0.681. The molecule has 3 atom stereocenters. The van der Waals surface area contributed by atoms with E-state index in [9.17, 15) is 9.59 Å². The molecule has 2 aliphatic rings. The third kappa shape index (κ3) is 2.94. The van der Waals surface area contributed by atoms with Crippen molar-refractivity contribution in [3.63, 3.8) is 0 Å². The highest BCUT2D eigenvalue weighted by Gasteiger charge is 2.57. The zero-order chi connectivity index (χ0) is 19.2. The van der Waals surface area contributed by atoms with Crippen LogP contribution in [-0.4, -0.2) is 23.3 Å². The molecule has 2 heterocycles. The van der Waals surface area contributed by atoms with Crippen molar-refractivity contribution in [3.05, 3.63) is 58.6 Å². The van der Waals surface area contributed by atoms with Gasteiger partial charge in [-0.25, -0.2) is 0 Å². The normalized spacial score (nSPS) is 27.2. The molecule has 3 nitrogen and oxygen atoms in total. The summed E-state index contributed by atoms with van der Waals surface area (Å²) < 4.78 is 5.90. The number of rotatable bonds is 4. The molecular formula is C23H23ClO3. The molecule has 0 spiro atoms. The Hall–Kier alpha value is -1.97. The molecular weight excluding hydrogens is 360 g/mol. The van der Waals surface area contributed by atoms with Gasteiger partial charge in [-0.3, -0.25) is 9.59 Å². The Labute approximate surface area is 164 Å². The number of fused-ring (bicyclic) bond motifs is 2. The van der Waals surface area contributed by atoms with Crippen molar-refractivity contribution in [2.24, 2.45) is 0 Å². The number of halogens is 1. The summed E-state index contributed by atoms with van der Waals surface area (Å²) in [4.78, 5) is 26.4. The van der Waals surface area contributed by atoms with Crippen molar-refractivity contribution in [1.82, 2.24) is 0 Å². The number of carbonyl (C=O) groups is 2. The van der Waals surface area contributed by atoms with Crippen LogP contribution in [0.4, 0.5) is 0 Å². The topological polar surface area (TPSA) is 43.4 Å². The van der Waals surface area contributed by atoms with Gasteiger partial charge < -0.3 is 4.74 Å². The van der Waals surface area contributed by atoms with E-state index < -0.39 is 17.6 Å². The average Bonchev–Trinajstić information content (AvgIpc) is 3.10. The van der Waals surface area contributed by atoms with E-state index in [0.29, 0.717) is 24.3 Å². The highest BCUT2D eigenvalue weighted by atomic mass is 35.5. The lowest BCUT2D eigenvalue weighted by molar-refractivity contribution is -0.163. The number of ketones is 2. The van der Waals surface area contributed by atoms with E-state index >= 15 is 0 Å². The van der Waals surface area contributed by atoms with Crippen LogP contribution in [0.25, 0.3) is 11.1 Å². The summed E-state index contributed by atoms with van der Waals surface area (Å²) in [5.74, 6) is -0.857. The molecule has 4 rings (SSSR count). The lowest BCUT2D eigenvalue weighted by atomic mass is 9.77. The van der Waals surface area contributed by atoms with Gasteiger partial charge in [-0.15, -0.1) is 0 Å². The van der Waals surface area contributed by atoms with Crippen molar-refractivity contribution in [2.45, 2.75) is 57.2 Å². The van der Waals surface area contributed by atoms with Gasteiger partial charge in [0.05, 0.1) is 0 Å². The second-order valence-corrected chi connectivity index (χ2v) is 7.90. The first-order valence-corrected chi connectivity index (χ1v) is 10.0. The van der Waals surface area contributed by atoms with Crippen LogP contribution in [0.15, 0.2) is 42.5 Å². The van der Waals surface area contributed by atoms with Crippen LogP contribution in [0.5, 0.6) is 0 Å². The fourth-order valence-corrected chi connectivity index (χ4v) is 4.58. The first kappa shape index (κ1) is 18.4. The van der Waals surface area contributed by atoms with Crippen LogP contribution < -0.4 is 0 Å². The van der Waals surface area contributed by atoms with E-state index in [2.05, 4.69) is 6.92 Å². The van der Waals surface area contributed by atoms with Gasteiger partial charge in [0, 0.05) is 5.02 Å². The number of ether oxygens (including phenoxy) is 1. The standard InChI is InChI=1S/C23H23ClO3/c1-3-14-5-6-16(15-7-9-17(24)10-8-15)13-18(14)20-21(25)19-11-12-23(4-2,27-19)22(20)26/h5-10,13,19-20H,3-4,11-12H2,1-2H3. The van der Waals surface area contributed by atoms with E-state index in [0.717, 1.165) is 28.7 Å². The van der Waals surface area contributed by atoms with Crippen molar-refractivity contribution in [2.75, 3.05) is 0 Å². The van der Waals surface area contributed by atoms with Gasteiger partial charge in [0.15, 0.2) is 11.6 Å². The van der Waals surface area contributed by atoms with E-state index in [4.69, 9.17) is 16.3 Å². The number of benzene rings is 2. The molecule has 2 fully saturated rings. The highest BCUT2D eigenvalue weighted by molar-refractivity contribution is 6.30. The summed E-state index contributed by atoms with van der Waals surface area (Å²) in [6, 6.07) is 13.7. The first-order valence-electron chi connectivity index (χ1n) is 9.63. The van der Waals surface area contributed by atoms with Gasteiger partial charge in [0.25, 0.3) is 0 Å². The van der Waals surface area contributed by atoms with Gasteiger partial charge in [-0.05, 0) is 66.1 Å². The number of hydrogen-bond acceptors (Lipinski definition) is 3. The zero-order valence-electron chi connectivity index (χ0n) is 15.6. The Kier molecular flexibility index (Phi) is 4.69. The Bertz CT molecular complexity index is 902. The van der Waals surface area contributed by atoms with E-state index in [1.807, 2.05) is 49.4 Å². The summed E-state index contributed by atoms with van der Waals surface area (Å²) in [5.41, 5.74) is 3.11. The molecule has 0 N–H and O–H groups in total. The largest absolute Gasteiger partial charge is 0.356 e. The minimum absolute atomic E-state index is 0.0632. The Morgan fingerprint density at radius 3 is 2.44 bits per heavy atom. The molecule has 27 heavy (non-hydrogen) atoms. The molecule has 2 aromatic carbocycles. The van der Waals surface area contributed by atoms with Crippen molar-refractivity contribution in [3.8, 4) is 11.1 Å². The van der Waals surface area contributed by atoms with E-state index in [1.54, 1.807) is 0 Å². The predicted octanol–water partition coefficient (Wildman–Crippen LogP) is 5.13. The zero-order valence-corrected chi connectivity index (χ0v) is 16.4. The Morgan fingerprint density at radius 2 is 1.78 bits per heavy atom. The number of Topliss-reactive ketones (excluding diaryl/α,β-unsaturated/α-hetero) is 2. The number of hydrogen-bond donors (Lipinski definition) is 0. The molecule has 4 heteroatoms. The van der Waals surface area contributed by atoms with Gasteiger partial charge in [-0.1, -0.05) is 49.7 Å². The lowest BCUT2D eigenvalue weighted by Crippen LogP contribution is -2.50. The molecule has 0 saturated carbocycles. The van der Waals surface area contributed by atoms with Crippen molar-refractivity contribution in [1.29, 1.82) is 0 Å². The van der Waals surface area contributed by atoms with E-state index in [1.165, 1.54) is 0 Å². The van der Waals surface area contributed by atoms with Gasteiger partial charge >= 0.3 is 0 Å². The third-order valence-electron chi connectivity index (χ3n) is 6.08. The minimum Gasteiger partial charge on any atom is -0.356 e. The summed E-state index contributed by atoms with van der Waals surface area (Å²) >= 11 is 6.01. The smallest absolute Gasteiger partial charge is 0.179 e. The molecule has 2 bridgehead atoms. The van der Waals surface area contributed by atoms with Gasteiger partial charge in [-0.2, -0.15) is 0 Å². The monoisotopic (exact) mass is 382 g/mol. The van der Waals surface area contributed by atoms with Crippen LogP contribution in [0.1, 0.15) is 50.2 Å². The van der Waals surface area contributed by atoms with Crippen LogP contribution in [0.2, 0.25) is 5.02 Å². The maximum Gasteiger partial charge on any atom is 0.179 e. The van der Waals surface area contributed by atoms with Gasteiger partial charge in [0.2, 0.25) is 0 Å². The maximum atomic E-state index is 13.3. The molecule has 0 aliphatic carbocycles. The van der Waals surface area contributed by atoms with Crippen molar-refractivity contribution >= 4 is 23.2 Å². The highest BCUT2D eigenvalue weighted by Crippen LogP contribution is 2.46.